The van der Waals surface area contributed by atoms with E-state index < -0.39 is 41.1 Å². The van der Waals surface area contributed by atoms with E-state index in [2.05, 4.69) is 0 Å². The van der Waals surface area contributed by atoms with E-state index in [0.29, 0.717) is 11.3 Å². The number of hydrogen-bond acceptors (Lipinski definition) is 1. The molecule has 0 unspecified atom stereocenters. The second kappa shape index (κ2) is 7.15. The van der Waals surface area contributed by atoms with Crippen molar-refractivity contribution in [2.45, 2.75) is 6.42 Å². The monoisotopic (exact) mass is 364 g/mol. The molecule has 0 bridgehead atoms. The highest BCUT2D eigenvalue weighted by Crippen LogP contribution is 2.27. The second-order valence-electron chi connectivity index (χ2n) is 5.65. The number of benzene rings is 3. The number of ether oxygens (including phenoxy) is 1. The van der Waals surface area contributed by atoms with Gasteiger partial charge in [-0.05, 0) is 28.8 Å². The molecule has 0 aliphatic heterocycles. The van der Waals surface area contributed by atoms with Gasteiger partial charge in [0.2, 0.25) is 5.82 Å². The molecule has 134 valence electrons. The van der Waals surface area contributed by atoms with Crippen LogP contribution in [0.15, 0.2) is 48.5 Å². The minimum Gasteiger partial charge on any atom is -0.497 e. The van der Waals surface area contributed by atoms with Gasteiger partial charge in [0.15, 0.2) is 23.3 Å². The van der Waals surface area contributed by atoms with E-state index >= 15 is 0 Å². The second-order valence-corrected chi connectivity index (χ2v) is 5.65. The summed E-state index contributed by atoms with van der Waals surface area (Å²) in [6.07, 6.45) is -0.408. The van der Waals surface area contributed by atoms with Crippen LogP contribution >= 0.6 is 0 Å². The highest BCUT2D eigenvalue weighted by atomic mass is 19.2. The molecule has 3 rings (SSSR count). The van der Waals surface area contributed by atoms with E-state index in [0.717, 1.165) is 11.1 Å². The molecule has 0 spiro atoms. The van der Waals surface area contributed by atoms with Crippen molar-refractivity contribution in [1.29, 1.82) is 0 Å². The summed E-state index contributed by atoms with van der Waals surface area (Å²) in [7, 11) is 1.56. The molecule has 3 aromatic carbocycles. The Labute approximate surface area is 146 Å². The zero-order chi connectivity index (χ0) is 18.8. The first-order valence-corrected chi connectivity index (χ1v) is 7.66. The Morgan fingerprint density at radius 3 is 1.50 bits per heavy atom. The molecule has 6 heteroatoms. The molecule has 0 saturated heterocycles. The van der Waals surface area contributed by atoms with Crippen LogP contribution in [-0.2, 0) is 6.42 Å². The van der Waals surface area contributed by atoms with Gasteiger partial charge in [-0.1, -0.05) is 36.4 Å². The summed E-state index contributed by atoms with van der Waals surface area (Å²) in [6.45, 7) is 0. The molecule has 0 N–H and O–H groups in total. The Morgan fingerprint density at radius 2 is 1.04 bits per heavy atom. The molecule has 0 saturated carbocycles. The molecule has 0 aliphatic carbocycles. The van der Waals surface area contributed by atoms with Crippen molar-refractivity contribution in [2.75, 3.05) is 7.11 Å². The van der Waals surface area contributed by atoms with Gasteiger partial charge in [-0.25, -0.2) is 22.0 Å². The summed E-state index contributed by atoms with van der Waals surface area (Å²) in [5.74, 6) is -8.93. The van der Waals surface area contributed by atoms with Crippen LogP contribution in [0.1, 0.15) is 11.1 Å². The van der Waals surface area contributed by atoms with Crippen molar-refractivity contribution in [3.05, 3.63) is 88.7 Å². The fourth-order valence-electron chi connectivity index (χ4n) is 2.61. The molecule has 1 nitrogen and oxygen atoms in total. The molecule has 0 radical (unpaired) electrons. The zero-order valence-corrected chi connectivity index (χ0v) is 13.6. The molecule has 26 heavy (non-hydrogen) atoms. The maximum absolute atomic E-state index is 13.8. The van der Waals surface area contributed by atoms with Gasteiger partial charge in [-0.2, -0.15) is 0 Å². The quantitative estimate of drug-likeness (QED) is 0.330. The zero-order valence-electron chi connectivity index (χ0n) is 13.6. The standard InChI is InChI=1S/C20H13F5O/c1-26-14-8-6-13(7-9-14)12-4-2-11(3-5-12)10-15-16(21)18(23)20(25)19(24)17(15)22/h2-9H,10H2,1H3. The van der Waals surface area contributed by atoms with Crippen LogP contribution in [0.4, 0.5) is 22.0 Å². The van der Waals surface area contributed by atoms with E-state index in [1.807, 2.05) is 12.1 Å². The van der Waals surface area contributed by atoms with Gasteiger partial charge < -0.3 is 4.74 Å². The maximum Gasteiger partial charge on any atom is 0.200 e. The average molecular weight is 364 g/mol. The average Bonchev–Trinajstić information content (AvgIpc) is 2.69. The predicted octanol–water partition coefficient (Wildman–Crippen LogP) is 5.65. The molecule has 0 aromatic heterocycles. The maximum atomic E-state index is 13.8. The van der Waals surface area contributed by atoms with E-state index in [4.69, 9.17) is 4.74 Å². The molecule has 0 heterocycles. The third kappa shape index (κ3) is 3.27. The Kier molecular flexibility index (Phi) is 4.93. The first kappa shape index (κ1) is 17.9. The van der Waals surface area contributed by atoms with Gasteiger partial charge in [0.05, 0.1) is 7.11 Å². The van der Waals surface area contributed by atoms with Crippen LogP contribution < -0.4 is 4.74 Å². The first-order chi connectivity index (χ1) is 12.4. The fraction of sp³-hybridized carbons (Fsp3) is 0.100. The third-order valence-corrected chi connectivity index (χ3v) is 4.06. The van der Waals surface area contributed by atoms with E-state index in [1.54, 1.807) is 43.5 Å². The topological polar surface area (TPSA) is 9.23 Å². The normalized spacial score (nSPS) is 10.8. The van der Waals surface area contributed by atoms with Crippen molar-refractivity contribution in [3.63, 3.8) is 0 Å². The molecular formula is C20H13F5O. The lowest BCUT2D eigenvalue weighted by molar-refractivity contribution is 0.371. The summed E-state index contributed by atoms with van der Waals surface area (Å²) in [4.78, 5) is 0. The Bertz CT molecular complexity index is 905. The van der Waals surface area contributed by atoms with Gasteiger partial charge in [-0.3, -0.25) is 0 Å². The Morgan fingerprint density at radius 1 is 0.615 bits per heavy atom. The highest BCUT2D eigenvalue weighted by Gasteiger charge is 2.25. The van der Waals surface area contributed by atoms with E-state index in [1.165, 1.54) is 0 Å². The van der Waals surface area contributed by atoms with Crippen molar-refractivity contribution < 1.29 is 26.7 Å². The van der Waals surface area contributed by atoms with E-state index in [-0.39, 0.29) is 0 Å². The van der Waals surface area contributed by atoms with Crippen molar-refractivity contribution in [1.82, 2.24) is 0 Å². The van der Waals surface area contributed by atoms with Crippen molar-refractivity contribution >= 4 is 0 Å². The molecule has 0 atom stereocenters. The van der Waals surface area contributed by atoms with Crippen LogP contribution in [0.2, 0.25) is 0 Å². The minimum absolute atomic E-state index is 0.408. The van der Waals surface area contributed by atoms with Gasteiger partial charge in [0.25, 0.3) is 0 Å². The molecule has 0 aliphatic rings. The number of methoxy groups -OCH3 is 1. The van der Waals surface area contributed by atoms with Crippen LogP contribution in [-0.4, -0.2) is 7.11 Å². The summed E-state index contributed by atoms with van der Waals surface area (Å²) in [5, 5.41) is 0. The van der Waals surface area contributed by atoms with Crippen LogP contribution in [0.25, 0.3) is 11.1 Å². The Hall–Kier alpha value is -2.89. The number of hydrogen-bond donors (Lipinski definition) is 0. The molecule has 0 amide bonds. The molecule has 3 aromatic rings. The molecule has 0 fully saturated rings. The lowest BCUT2D eigenvalue weighted by Gasteiger charge is -2.09. The first-order valence-electron chi connectivity index (χ1n) is 7.66. The summed E-state index contributed by atoms with van der Waals surface area (Å²) < 4.78 is 72.3. The lowest BCUT2D eigenvalue weighted by atomic mass is 9.99. The fourth-order valence-corrected chi connectivity index (χ4v) is 2.61. The van der Waals surface area contributed by atoms with Gasteiger partial charge in [0.1, 0.15) is 5.75 Å². The minimum atomic E-state index is -2.15. The predicted molar refractivity (Wildman–Crippen MR) is 87.5 cm³/mol. The SMILES string of the molecule is COc1ccc(-c2ccc(Cc3c(F)c(F)c(F)c(F)c3F)cc2)cc1. The van der Waals surface area contributed by atoms with Crippen molar-refractivity contribution in [2.24, 2.45) is 0 Å². The number of rotatable bonds is 4. The van der Waals surface area contributed by atoms with Crippen LogP contribution in [0.3, 0.4) is 0 Å². The highest BCUT2D eigenvalue weighted by molar-refractivity contribution is 5.64. The largest absolute Gasteiger partial charge is 0.497 e. The van der Waals surface area contributed by atoms with Crippen molar-refractivity contribution in [3.8, 4) is 16.9 Å². The summed E-state index contributed by atoms with van der Waals surface area (Å²) in [5.41, 5.74) is 1.31. The van der Waals surface area contributed by atoms with Gasteiger partial charge in [-0.15, -0.1) is 0 Å². The van der Waals surface area contributed by atoms with Gasteiger partial charge >= 0.3 is 0 Å². The van der Waals surface area contributed by atoms with Gasteiger partial charge in [0, 0.05) is 12.0 Å². The smallest absolute Gasteiger partial charge is 0.200 e. The van der Waals surface area contributed by atoms with E-state index in [9.17, 15) is 22.0 Å². The Balaban J connectivity index is 1.88. The van der Waals surface area contributed by atoms with Crippen LogP contribution in [0.5, 0.6) is 5.75 Å². The molecular weight excluding hydrogens is 351 g/mol. The third-order valence-electron chi connectivity index (χ3n) is 4.06. The van der Waals surface area contributed by atoms with Crippen LogP contribution in [0, 0.1) is 29.1 Å². The summed E-state index contributed by atoms with van der Waals surface area (Å²) in [6, 6.07) is 13.9. The number of halogens is 5. The lowest BCUT2D eigenvalue weighted by Crippen LogP contribution is -2.07. The summed E-state index contributed by atoms with van der Waals surface area (Å²) >= 11 is 0.